The van der Waals surface area contributed by atoms with Gasteiger partial charge < -0.3 is 21.5 Å². The molecule has 0 spiro atoms. The zero-order valence-electron chi connectivity index (χ0n) is 13.6. The predicted octanol–water partition coefficient (Wildman–Crippen LogP) is 0.187. The molecule has 5 N–H and O–H groups in total. The van der Waals surface area contributed by atoms with Crippen LogP contribution in [0.4, 0.5) is 0 Å². The van der Waals surface area contributed by atoms with Gasteiger partial charge in [-0.3, -0.25) is 9.59 Å². The summed E-state index contributed by atoms with van der Waals surface area (Å²) in [5.41, 5.74) is 5.74. The lowest BCUT2D eigenvalue weighted by Crippen LogP contribution is -2.53. The summed E-state index contributed by atoms with van der Waals surface area (Å²) < 4.78 is 0. The van der Waals surface area contributed by atoms with E-state index in [-0.39, 0.29) is 5.92 Å². The van der Waals surface area contributed by atoms with Gasteiger partial charge in [0.15, 0.2) is 0 Å². The summed E-state index contributed by atoms with van der Waals surface area (Å²) >= 11 is 1.50. The van der Waals surface area contributed by atoms with Crippen LogP contribution in [0, 0.1) is 5.92 Å². The summed E-state index contributed by atoms with van der Waals surface area (Å²) in [6, 6.07) is -2.47. The second-order valence-corrected chi connectivity index (χ2v) is 6.63. The van der Waals surface area contributed by atoms with Gasteiger partial charge >= 0.3 is 5.97 Å². The van der Waals surface area contributed by atoms with Crippen LogP contribution in [0.5, 0.6) is 0 Å². The molecule has 0 radical (unpaired) electrons. The van der Waals surface area contributed by atoms with Crippen LogP contribution >= 0.6 is 11.8 Å². The van der Waals surface area contributed by atoms with E-state index in [1.165, 1.54) is 18.7 Å². The fourth-order valence-corrected chi connectivity index (χ4v) is 2.26. The minimum absolute atomic E-state index is 0.271. The van der Waals surface area contributed by atoms with Gasteiger partial charge in [0.1, 0.15) is 12.1 Å². The number of thioether (sulfide) groups is 1. The first-order chi connectivity index (χ1) is 10.2. The van der Waals surface area contributed by atoms with Gasteiger partial charge in [0.25, 0.3) is 0 Å². The van der Waals surface area contributed by atoms with E-state index < -0.39 is 35.9 Å². The predicted molar refractivity (Wildman–Crippen MR) is 87.6 cm³/mol. The zero-order valence-corrected chi connectivity index (χ0v) is 14.4. The highest BCUT2D eigenvalue weighted by Crippen LogP contribution is 2.04. The van der Waals surface area contributed by atoms with Crippen molar-refractivity contribution >= 4 is 29.5 Å². The molecular formula is C14H27N3O4S. The molecule has 8 heteroatoms. The van der Waals surface area contributed by atoms with Crippen molar-refractivity contribution in [3.63, 3.8) is 0 Å². The minimum Gasteiger partial charge on any atom is -0.480 e. The molecule has 7 nitrogen and oxygen atoms in total. The van der Waals surface area contributed by atoms with E-state index in [4.69, 9.17) is 10.8 Å². The summed E-state index contributed by atoms with van der Waals surface area (Å²) in [6.45, 7) is 5.40. The standard InChI is InChI=1S/C14H27N3O4S/c1-8(2)7-10(15)13(19)16-9(3)12(18)17-11(14(20)21)5-6-22-4/h8-11H,5-7,15H2,1-4H3,(H,16,19)(H,17,18)(H,20,21). The Morgan fingerprint density at radius 3 is 2.18 bits per heavy atom. The molecular weight excluding hydrogens is 306 g/mol. The average molecular weight is 333 g/mol. The third-order valence-corrected chi connectivity index (χ3v) is 3.68. The molecule has 2 amide bonds. The number of amides is 2. The van der Waals surface area contributed by atoms with E-state index in [9.17, 15) is 14.4 Å². The highest BCUT2D eigenvalue weighted by molar-refractivity contribution is 7.98. The van der Waals surface area contributed by atoms with Crippen molar-refractivity contribution in [2.75, 3.05) is 12.0 Å². The summed E-state index contributed by atoms with van der Waals surface area (Å²) in [6.07, 6.45) is 2.71. The number of nitrogens with two attached hydrogens (primary N) is 1. The first-order valence-corrected chi connectivity index (χ1v) is 8.66. The maximum atomic E-state index is 12.0. The van der Waals surface area contributed by atoms with Gasteiger partial charge in [0.2, 0.25) is 11.8 Å². The molecule has 3 atom stereocenters. The zero-order chi connectivity index (χ0) is 17.3. The van der Waals surface area contributed by atoms with Crippen LogP contribution in [0.1, 0.15) is 33.6 Å². The molecule has 0 fully saturated rings. The molecule has 22 heavy (non-hydrogen) atoms. The van der Waals surface area contributed by atoms with Crippen molar-refractivity contribution in [2.45, 2.75) is 51.7 Å². The van der Waals surface area contributed by atoms with E-state index in [0.717, 1.165) is 0 Å². The lowest BCUT2D eigenvalue weighted by atomic mass is 10.0. The van der Waals surface area contributed by atoms with Crippen molar-refractivity contribution < 1.29 is 19.5 Å². The van der Waals surface area contributed by atoms with Crippen molar-refractivity contribution in [2.24, 2.45) is 11.7 Å². The Bertz CT molecular complexity index is 390. The number of aliphatic carboxylic acids is 1. The molecule has 128 valence electrons. The fraction of sp³-hybridized carbons (Fsp3) is 0.786. The Morgan fingerprint density at radius 1 is 1.14 bits per heavy atom. The Labute approximate surface area is 135 Å². The highest BCUT2D eigenvalue weighted by Gasteiger charge is 2.25. The first-order valence-electron chi connectivity index (χ1n) is 7.27. The molecule has 0 aliphatic rings. The van der Waals surface area contributed by atoms with E-state index in [1.54, 1.807) is 0 Å². The van der Waals surface area contributed by atoms with E-state index >= 15 is 0 Å². The van der Waals surface area contributed by atoms with Crippen molar-refractivity contribution in [1.82, 2.24) is 10.6 Å². The van der Waals surface area contributed by atoms with E-state index in [1.807, 2.05) is 20.1 Å². The molecule has 0 aromatic rings. The SMILES string of the molecule is CSCCC(NC(=O)C(C)NC(=O)C(N)CC(C)C)C(=O)O. The second kappa shape index (κ2) is 10.4. The topological polar surface area (TPSA) is 122 Å². The van der Waals surface area contributed by atoms with Crippen LogP contribution in [0.2, 0.25) is 0 Å². The molecule has 0 aromatic carbocycles. The highest BCUT2D eigenvalue weighted by atomic mass is 32.2. The Hall–Kier alpha value is -1.28. The Morgan fingerprint density at radius 2 is 1.73 bits per heavy atom. The first kappa shape index (κ1) is 20.7. The molecule has 0 saturated carbocycles. The van der Waals surface area contributed by atoms with Gasteiger partial charge in [-0.15, -0.1) is 0 Å². The Kier molecular flexibility index (Phi) is 9.84. The molecule has 0 rings (SSSR count). The molecule has 0 heterocycles. The third-order valence-electron chi connectivity index (χ3n) is 3.04. The summed E-state index contributed by atoms with van der Waals surface area (Å²) in [5, 5.41) is 14.0. The third kappa shape index (κ3) is 8.23. The number of carboxylic acid groups (broad SMARTS) is 1. The maximum absolute atomic E-state index is 12.0. The molecule has 0 aliphatic carbocycles. The largest absolute Gasteiger partial charge is 0.480 e. The van der Waals surface area contributed by atoms with Crippen LogP contribution in [0.15, 0.2) is 0 Å². The average Bonchev–Trinajstić information content (AvgIpc) is 2.41. The van der Waals surface area contributed by atoms with E-state index in [0.29, 0.717) is 18.6 Å². The van der Waals surface area contributed by atoms with Crippen LogP contribution < -0.4 is 16.4 Å². The molecule has 0 saturated heterocycles. The van der Waals surface area contributed by atoms with Gasteiger partial charge in [0.05, 0.1) is 6.04 Å². The summed E-state index contributed by atoms with van der Waals surface area (Å²) in [5.74, 6) is -1.13. The van der Waals surface area contributed by atoms with Crippen LogP contribution in [-0.2, 0) is 14.4 Å². The normalized spacial score (nSPS) is 15.0. The van der Waals surface area contributed by atoms with Crippen LogP contribution in [0.3, 0.4) is 0 Å². The number of carboxylic acids is 1. The van der Waals surface area contributed by atoms with Gasteiger partial charge in [-0.2, -0.15) is 11.8 Å². The van der Waals surface area contributed by atoms with Gasteiger partial charge in [0, 0.05) is 0 Å². The van der Waals surface area contributed by atoms with Crippen LogP contribution in [-0.4, -0.2) is 53.0 Å². The number of carbonyl (C=O) groups excluding carboxylic acids is 2. The maximum Gasteiger partial charge on any atom is 0.326 e. The number of hydrogen-bond donors (Lipinski definition) is 4. The van der Waals surface area contributed by atoms with E-state index in [2.05, 4.69) is 10.6 Å². The number of nitrogens with one attached hydrogen (secondary N) is 2. The van der Waals surface area contributed by atoms with Crippen LogP contribution in [0.25, 0.3) is 0 Å². The second-order valence-electron chi connectivity index (χ2n) is 5.65. The minimum atomic E-state index is -1.09. The quantitative estimate of drug-likeness (QED) is 0.453. The summed E-state index contributed by atoms with van der Waals surface area (Å²) in [4.78, 5) is 34.9. The van der Waals surface area contributed by atoms with Gasteiger partial charge in [-0.05, 0) is 37.7 Å². The Balaban J connectivity index is 4.45. The number of rotatable bonds is 10. The summed E-state index contributed by atoms with van der Waals surface area (Å²) in [7, 11) is 0. The molecule has 3 unspecified atom stereocenters. The smallest absolute Gasteiger partial charge is 0.326 e. The van der Waals surface area contributed by atoms with Crippen molar-refractivity contribution in [1.29, 1.82) is 0 Å². The van der Waals surface area contributed by atoms with Gasteiger partial charge in [-0.25, -0.2) is 4.79 Å². The lowest BCUT2D eigenvalue weighted by molar-refractivity contribution is -0.142. The number of hydrogen-bond acceptors (Lipinski definition) is 5. The molecule has 0 bridgehead atoms. The lowest BCUT2D eigenvalue weighted by Gasteiger charge is -2.20. The van der Waals surface area contributed by atoms with Crippen molar-refractivity contribution in [3.05, 3.63) is 0 Å². The van der Waals surface area contributed by atoms with Gasteiger partial charge in [-0.1, -0.05) is 13.8 Å². The fourth-order valence-electron chi connectivity index (χ4n) is 1.79. The number of carbonyl (C=O) groups is 3. The monoisotopic (exact) mass is 333 g/mol. The molecule has 0 aromatic heterocycles. The van der Waals surface area contributed by atoms with Crippen molar-refractivity contribution in [3.8, 4) is 0 Å². The molecule has 0 aliphatic heterocycles.